The van der Waals surface area contributed by atoms with Gasteiger partial charge in [0, 0.05) is 12.3 Å². The van der Waals surface area contributed by atoms with E-state index in [0.29, 0.717) is 36.9 Å². The van der Waals surface area contributed by atoms with Crippen molar-refractivity contribution in [3.63, 3.8) is 0 Å². The third kappa shape index (κ3) is 10.1. The second-order valence-electron chi connectivity index (χ2n) is 7.83. The third-order valence-corrected chi connectivity index (χ3v) is 5.46. The van der Waals surface area contributed by atoms with Crippen molar-refractivity contribution in [2.45, 2.75) is 19.4 Å². The van der Waals surface area contributed by atoms with Crippen LogP contribution in [0.15, 0.2) is 42.5 Å². The van der Waals surface area contributed by atoms with E-state index in [4.69, 9.17) is 41.4 Å². The van der Waals surface area contributed by atoms with E-state index in [1.54, 1.807) is 12.1 Å². The van der Waals surface area contributed by atoms with Gasteiger partial charge in [0.1, 0.15) is 5.82 Å². The SMILES string of the molecule is N#Cc1ccc(COCC2CCN(CC(=O)Nc3ccc(F)c(Cl)c3)CC2)cc1.O=C(O)C(=O)O. The van der Waals surface area contributed by atoms with Crippen molar-refractivity contribution in [1.82, 2.24) is 4.90 Å². The zero-order valence-electron chi connectivity index (χ0n) is 18.7. The van der Waals surface area contributed by atoms with Gasteiger partial charge in [-0.1, -0.05) is 23.7 Å². The summed E-state index contributed by atoms with van der Waals surface area (Å²) in [6.45, 7) is 3.20. The van der Waals surface area contributed by atoms with Crippen molar-refractivity contribution >= 4 is 35.1 Å². The van der Waals surface area contributed by atoms with Gasteiger partial charge in [0.2, 0.25) is 5.91 Å². The molecule has 0 bridgehead atoms. The summed E-state index contributed by atoms with van der Waals surface area (Å²) < 4.78 is 19.0. The fourth-order valence-electron chi connectivity index (χ4n) is 3.31. The zero-order valence-corrected chi connectivity index (χ0v) is 19.5. The summed E-state index contributed by atoms with van der Waals surface area (Å²) in [5, 5.41) is 26.3. The number of carboxylic acids is 2. The van der Waals surface area contributed by atoms with Crippen LogP contribution in [0.1, 0.15) is 24.0 Å². The molecule has 0 atom stereocenters. The maximum Gasteiger partial charge on any atom is 0.414 e. The quantitative estimate of drug-likeness (QED) is 0.486. The first kappa shape index (κ1) is 27.7. The van der Waals surface area contributed by atoms with Crippen LogP contribution in [0.25, 0.3) is 0 Å². The second-order valence-corrected chi connectivity index (χ2v) is 8.24. The summed E-state index contributed by atoms with van der Waals surface area (Å²) in [7, 11) is 0. The van der Waals surface area contributed by atoms with Crippen molar-refractivity contribution in [3.05, 3.63) is 64.4 Å². The molecule has 0 spiro atoms. The van der Waals surface area contributed by atoms with Gasteiger partial charge in [-0.05, 0) is 67.7 Å². The summed E-state index contributed by atoms with van der Waals surface area (Å²) in [5.41, 5.74) is 2.19. The number of benzene rings is 2. The van der Waals surface area contributed by atoms with Gasteiger partial charge in [-0.15, -0.1) is 0 Å². The molecule has 1 fully saturated rings. The molecule has 0 aliphatic carbocycles. The molecule has 3 N–H and O–H groups in total. The molecule has 0 aromatic heterocycles. The lowest BCUT2D eigenvalue weighted by molar-refractivity contribution is -0.159. The Balaban J connectivity index is 0.000000641. The highest BCUT2D eigenvalue weighted by molar-refractivity contribution is 6.31. The molecule has 1 saturated heterocycles. The monoisotopic (exact) mass is 505 g/mol. The molecule has 0 saturated carbocycles. The molecule has 9 nitrogen and oxygen atoms in total. The Morgan fingerprint density at radius 3 is 2.29 bits per heavy atom. The lowest BCUT2D eigenvalue weighted by atomic mass is 9.98. The van der Waals surface area contributed by atoms with Crippen molar-refractivity contribution in [2.75, 3.05) is 31.6 Å². The number of anilines is 1. The Hall–Kier alpha value is -3.52. The minimum atomic E-state index is -1.82. The summed E-state index contributed by atoms with van der Waals surface area (Å²) in [4.78, 5) is 32.5. The van der Waals surface area contributed by atoms with Crippen molar-refractivity contribution in [2.24, 2.45) is 5.92 Å². The van der Waals surface area contributed by atoms with E-state index >= 15 is 0 Å². The molecule has 11 heteroatoms. The lowest BCUT2D eigenvalue weighted by Gasteiger charge is -2.31. The fourth-order valence-corrected chi connectivity index (χ4v) is 3.49. The highest BCUT2D eigenvalue weighted by Gasteiger charge is 2.21. The molecule has 1 amide bonds. The maximum absolute atomic E-state index is 13.2. The first-order valence-corrected chi connectivity index (χ1v) is 11.1. The topological polar surface area (TPSA) is 140 Å². The molecular formula is C24H25ClFN3O6. The Bertz CT molecular complexity index is 1050. The number of carbonyl (C=O) groups excluding carboxylic acids is 1. The molecule has 2 aromatic carbocycles. The van der Waals surface area contributed by atoms with Gasteiger partial charge in [0.15, 0.2) is 0 Å². The molecule has 186 valence electrons. The van der Waals surface area contributed by atoms with E-state index in [2.05, 4.69) is 16.3 Å². The Kier molecular flexibility index (Phi) is 11.1. The maximum atomic E-state index is 13.2. The van der Waals surface area contributed by atoms with Gasteiger partial charge in [0.25, 0.3) is 0 Å². The molecule has 2 aromatic rings. The second kappa shape index (κ2) is 14.0. The number of carbonyl (C=O) groups is 3. The average Bonchev–Trinajstić information content (AvgIpc) is 2.83. The number of hydrogen-bond donors (Lipinski definition) is 3. The van der Waals surface area contributed by atoms with Crippen LogP contribution in [-0.2, 0) is 25.7 Å². The van der Waals surface area contributed by atoms with Gasteiger partial charge in [-0.3, -0.25) is 9.69 Å². The standard InChI is InChI=1S/C22H23ClFN3O2.C2H2O4/c23-20-11-19(5-6-21(20)24)26-22(28)13-27-9-7-18(8-10-27)15-29-14-17-3-1-16(12-25)2-4-17;3-1(4)2(5)6/h1-6,11,18H,7-10,13-15H2,(H,26,28);(H,3,4)(H,5,6). The van der Waals surface area contributed by atoms with Crippen LogP contribution in [-0.4, -0.2) is 59.2 Å². The van der Waals surface area contributed by atoms with Crippen LogP contribution >= 0.6 is 11.6 Å². The minimum absolute atomic E-state index is 0.00961. The number of aliphatic carboxylic acids is 2. The summed E-state index contributed by atoms with van der Waals surface area (Å²) >= 11 is 5.74. The minimum Gasteiger partial charge on any atom is -0.473 e. The smallest absolute Gasteiger partial charge is 0.414 e. The molecule has 3 rings (SSSR count). The molecule has 35 heavy (non-hydrogen) atoms. The number of halogens is 2. The number of nitrogens with zero attached hydrogens (tertiary/aromatic N) is 2. The molecular weight excluding hydrogens is 481 g/mol. The first-order valence-electron chi connectivity index (χ1n) is 10.7. The Morgan fingerprint density at radius 2 is 1.74 bits per heavy atom. The highest BCUT2D eigenvalue weighted by atomic mass is 35.5. The number of rotatable bonds is 7. The van der Waals surface area contributed by atoms with Crippen LogP contribution in [0, 0.1) is 23.1 Å². The Labute approximate surface area is 206 Å². The number of hydrogen-bond acceptors (Lipinski definition) is 6. The number of likely N-dealkylation sites (tertiary alicyclic amines) is 1. The lowest BCUT2D eigenvalue weighted by Crippen LogP contribution is -2.40. The zero-order chi connectivity index (χ0) is 25.8. The van der Waals surface area contributed by atoms with Gasteiger partial charge in [-0.25, -0.2) is 14.0 Å². The number of piperidine rings is 1. The number of amides is 1. The van der Waals surface area contributed by atoms with Crippen LogP contribution in [0.3, 0.4) is 0 Å². The predicted molar refractivity (Wildman–Crippen MR) is 125 cm³/mol. The van der Waals surface area contributed by atoms with E-state index in [-0.39, 0.29) is 10.9 Å². The van der Waals surface area contributed by atoms with E-state index < -0.39 is 17.8 Å². The van der Waals surface area contributed by atoms with Crippen LogP contribution in [0.2, 0.25) is 5.02 Å². The molecule has 0 unspecified atom stereocenters. The van der Waals surface area contributed by atoms with Crippen LogP contribution < -0.4 is 5.32 Å². The normalized spacial score (nSPS) is 13.7. The average molecular weight is 506 g/mol. The largest absolute Gasteiger partial charge is 0.473 e. The predicted octanol–water partition coefficient (Wildman–Crippen LogP) is 3.37. The first-order chi connectivity index (χ1) is 16.7. The van der Waals surface area contributed by atoms with E-state index in [0.717, 1.165) is 31.5 Å². The number of nitriles is 1. The van der Waals surface area contributed by atoms with E-state index in [1.165, 1.54) is 18.2 Å². The number of carboxylic acid groups (broad SMARTS) is 2. The molecule has 1 aliphatic rings. The van der Waals surface area contributed by atoms with Gasteiger partial charge in [-0.2, -0.15) is 5.26 Å². The summed E-state index contributed by atoms with van der Waals surface area (Å²) in [5.74, 6) is -3.81. The van der Waals surface area contributed by atoms with Gasteiger partial charge < -0.3 is 20.3 Å². The van der Waals surface area contributed by atoms with Crippen molar-refractivity contribution < 1.29 is 33.7 Å². The summed E-state index contributed by atoms with van der Waals surface area (Å²) in [6.07, 6.45) is 1.95. The number of nitrogens with one attached hydrogen (secondary N) is 1. The van der Waals surface area contributed by atoms with E-state index in [1.807, 2.05) is 12.1 Å². The Morgan fingerprint density at radius 1 is 1.11 bits per heavy atom. The van der Waals surface area contributed by atoms with Crippen molar-refractivity contribution in [1.29, 1.82) is 5.26 Å². The number of ether oxygens (including phenoxy) is 1. The molecule has 0 radical (unpaired) electrons. The van der Waals surface area contributed by atoms with E-state index in [9.17, 15) is 9.18 Å². The third-order valence-electron chi connectivity index (χ3n) is 5.17. The van der Waals surface area contributed by atoms with Gasteiger partial charge in [0.05, 0.1) is 29.8 Å². The van der Waals surface area contributed by atoms with Crippen LogP contribution in [0.5, 0.6) is 0 Å². The molecule has 1 aliphatic heterocycles. The fraction of sp³-hybridized carbons (Fsp3) is 0.333. The summed E-state index contributed by atoms with van der Waals surface area (Å²) in [6, 6.07) is 13.7. The highest BCUT2D eigenvalue weighted by Crippen LogP contribution is 2.20. The van der Waals surface area contributed by atoms with Crippen molar-refractivity contribution in [3.8, 4) is 6.07 Å². The van der Waals surface area contributed by atoms with Crippen LogP contribution in [0.4, 0.5) is 10.1 Å². The molecule has 1 heterocycles. The van der Waals surface area contributed by atoms with Gasteiger partial charge >= 0.3 is 11.9 Å².